The Kier molecular flexibility index (Phi) is 33.1. The highest BCUT2D eigenvalue weighted by Crippen LogP contribution is 2.16. The second-order valence-electron chi connectivity index (χ2n) is 14.9. The van der Waals surface area contributed by atoms with Gasteiger partial charge < -0.3 is 14.2 Å². The van der Waals surface area contributed by atoms with Crippen LogP contribution in [0.3, 0.4) is 0 Å². The number of esters is 3. The van der Waals surface area contributed by atoms with E-state index in [9.17, 15) is 14.4 Å². The lowest BCUT2D eigenvalue weighted by Gasteiger charge is -2.18. The zero-order valence-corrected chi connectivity index (χ0v) is 31.9. The van der Waals surface area contributed by atoms with Gasteiger partial charge in [0, 0.05) is 19.3 Å². The summed E-state index contributed by atoms with van der Waals surface area (Å²) in [6.07, 6.45) is 29.8. The summed E-state index contributed by atoms with van der Waals surface area (Å²) in [5.41, 5.74) is 0. The molecule has 0 rings (SSSR count). The van der Waals surface area contributed by atoms with Crippen LogP contribution in [0.5, 0.6) is 0 Å². The standard InChI is InChI=1S/C41H78O6/c1-6-7-8-19-26-31-39(42)45-34-38(47-41(44)33-28-23-18-14-10-12-16-21-25-30-37(4)5)35-46-40(43)32-27-22-17-13-9-11-15-20-24-29-36(2)3/h36-38H,6-35H2,1-5H3/t38-/m0/s1. The number of unbranched alkanes of at least 4 members (excludes halogenated alkanes) is 20. The van der Waals surface area contributed by atoms with Crippen LogP contribution < -0.4 is 0 Å². The van der Waals surface area contributed by atoms with Gasteiger partial charge in [0.05, 0.1) is 0 Å². The molecule has 0 unspecified atom stereocenters. The minimum Gasteiger partial charge on any atom is -0.462 e. The van der Waals surface area contributed by atoms with E-state index in [-0.39, 0.29) is 31.1 Å². The van der Waals surface area contributed by atoms with Crippen LogP contribution in [0.4, 0.5) is 0 Å². The molecule has 47 heavy (non-hydrogen) atoms. The molecule has 0 saturated heterocycles. The van der Waals surface area contributed by atoms with Crippen molar-refractivity contribution < 1.29 is 28.6 Å². The number of carbonyl (C=O) groups excluding carboxylic acids is 3. The molecule has 0 amide bonds. The Morgan fingerprint density at radius 1 is 0.404 bits per heavy atom. The summed E-state index contributed by atoms with van der Waals surface area (Å²) < 4.78 is 16.5. The normalized spacial score (nSPS) is 12.1. The monoisotopic (exact) mass is 667 g/mol. The third-order valence-electron chi connectivity index (χ3n) is 8.97. The molecule has 0 bridgehead atoms. The molecule has 0 aliphatic heterocycles. The average molecular weight is 667 g/mol. The van der Waals surface area contributed by atoms with Gasteiger partial charge in [0.15, 0.2) is 6.10 Å². The zero-order chi connectivity index (χ0) is 34.8. The van der Waals surface area contributed by atoms with Crippen molar-refractivity contribution in [3.63, 3.8) is 0 Å². The molecule has 0 saturated carbocycles. The van der Waals surface area contributed by atoms with Crippen LogP contribution >= 0.6 is 0 Å². The van der Waals surface area contributed by atoms with E-state index in [0.717, 1.165) is 76.0 Å². The fraction of sp³-hybridized carbons (Fsp3) is 0.927. The summed E-state index contributed by atoms with van der Waals surface area (Å²) >= 11 is 0. The Labute approximate surface area is 291 Å². The zero-order valence-electron chi connectivity index (χ0n) is 31.9. The van der Waals surface area contributed by atoms with Gasteiger partial charge in [0.2, 0.25) is 0 Å². The van der Waals surface area contributed by atoms with E-state index in [0.29, 0.717) is 19.3 Å². The quantitative estimate of drug-likeness (QED) is 0.0380. The Hall–Kier alpha value is -1.59. The fourth-order valence-corrected chi connectivity index (χ4v) is 5.87. The number of ether oxygens (including phenoxy) is 3. The van der Waals surface area contributed by atoms with Crippen LogP contribution in [0, 0.1) is 11.8 Å². The van der Waals surface area contributed by atoms with Crippen molar-refractivity contribution in [1.82, 2.24) is 0 Å². The van der Waals surface area contributed by atoms with Gasteiger partial charge in [0.1, 0.15) is 13.2 Å². The topological polar surface area (TPSA) is 78.9 Å². The Morgan fingerprint density at radius 2 is 0.702 bits per heavy atom. The highest BCUT2D eigenvalue weighted by atomic mass is 16.6. The van der Waals surface area contributed by atoms with Crippen molar-refractivity contribution >= 4 is 17.9 Å². The molecule has 0 aromatic rings. The molecule has 0 aromatic heterocycles. The molecule has 6 nitrogen and oxygen atoms in total. The minimum absolute atomic E-state index is 0.0671. The third-order valence-corrected chi connectivity index (χ3v) is 8.97. The molecule has 0 aliphatic rings. The van der Waals surface area contributed by atoms with E-state index >= 15 is 0 Å². The first-order valence-electron chi connectivity index (χ1n) is 20.2. The molecular formula is C41H78O6. The van der Waals surface area contributed by atoms with Gasteiger partial charge in [-0.2, -0.15) is 0 Å². The maximum Gasteiger partial charge on any atom is 0.306 e. The first-order chi connectivity index (χ1) is 22.7. The molecule has 0 spiro atoms. The SMILES string of the molecule is CCCCCCCC(=O)OC[C@@H](COC(=O)CCCCCCCCCCCC(C)C)OC(=O)CCCCCCCCCCCC(C)C. The van der Waals surface area contributed by atoms with Crippen molar-refractivity contribution in [3.05, 3.63) is 0 Å². The van der Waals surface area contributed by atoms with Crippen molar-refractivity contribution in [1.29, 1.82) is 0 Å². The molecule has 0 aliphatic carbocycles. The van der Waals surface area contributed by atoms with Crippen LogP contribution in [0.1, 0.15) is 214 Å². The van der Waals surface area contributed by atoms with Gasteiger partial charge in [-0.05, 0) is 31.1 Å². The van der Waals surface area contributed by atoms with Crippen LogP contribution in [0.15, 0.2) is 0 Å². The summed E-state index contributed by atoms with van der Waals surface area (Å²) in [4.78, 5) is 37.3. The Balaban J connectivity index is 4.26. The molecule has 0 heterocycles. The van der Waals surface area contributed by atoms with Crippen LogP contribution in [-0.2, 0) is 28.6 Å². The predicted octanol–water partition coefficient (Wildman–Crippen LogP) is 12.2. The van der Waals surface area contributed by atoms with Crippen LogP contribution in [-0.4, -0.2) is 37.2 Å². The van der Waals surface area contributed by atoms with Gasteiger partial charge in [-0.15, -0.1) is 0 Å². The molecule has 0 aromatic carbocycles. The fourth-order valence-electron chi connectivity index (χ4n) is 5.87. The van der Waals surface area contributed by atoms with Gasteiger partial charge in [-0.25, -0.2) is 0 Å². The lowest BCUT2D eigenvalue weighted by Crippen LogP contribution is -2.30. The molecule has 0 fully saturated rings. The first kappa shape index (κ1) is 45.4. The molecule has 1 atom stereocenters. The summed E-state index contributed by atoms with van der Waals surface area (Å²) in [5, 5.41) is 0. The van der Waals surface area contributed by atoms with Gasteiger partial charge in [-0.3, -0.25) is 14.4 Å². The third kappa shape index (κ3) is 35.5. The predicted molar refractivity (Wildman–Crippen MR) is 196 cm³/mol. The highest BCUT2D eigenvalue weighted by molar-refractivity contribution is 5.71. The number of hydrogen-bond acceptors (Lipinski definition) is 6. The number of carbonyl (C=O) groups is 3. The van der Waals surface area contributed by atoms with Crippen molar-refractivity contribution in [2.45, 2.75) is 221 Å². The van der Waals surface area contributed by atoms with Gasteiger partial charge >= 0.3 is 17.9 Å². The minimum atomic E-state index is -0.758. The molecule has 0 radical (unpaired) electrons. The highest BCUT2D eigenvalue weighted by Gasteiger charge is 2.19. The maximum absolute atomic E-state index is 12.6. The van der Waals surface area contributed by atoms with Crippen molar-refractivity contribution in [3.8, 4) is 0 Å². The van der Waals surface area contributed by atoms with E-state index in [1.165, 1.54) is 96.3 Å². The number of rotatable bonds is 35. The van der Waals surface area contributed by atoms with Crippen molar-refractivity contribution in [2.24, 2.45) is 11.8 Å². The average Bonchev–Trinajstić information content (AvgIpc) is 3.03. The van der Waals surface area contributed by atoms with E-state index < -0.39 is 6.10 Å². The van der Waals surface area contributed by atoms with Crippen LogP contribution in [0.25, 0.3) is 0 Å². The second kappa shape index (κ2) is 34.3. The number of hydrogen-bond donors (Lipinski definition) is 0. The second-order valence-corrected chi connectivity index (χ2v) is 14.9. The van der Waals surface area contributed by atoms with Crippen LogP contribution in [0.2, 0.25) is 0 Å². The summed E-state index contributed by atoms with van der Waals surface area (Å²) in [6.45, 7) is 11.2. The van der Waals surface area contributed by atoms with Gasteiger partial charge in [0.25, 0.3) is 0 Å². The molecule has 278 valence electrons. The lowest BCUT2D eigenvalue weighted by molar-refractivity contribution is -0.167. The Morgan fingerprint density at radius 3 is 1.04 bits per heavy atom. The van der Waals surface area contributed by atoms with E-state index in [2.05, 4.69) is 34.6 Å². The summed E-state index contributed by atoms with van der Waals surface area (Å²) in [5.74, 6) is 0.735. The lowest BCUT2D eigenvalue weighted by atomic mass is 10.0. The van der Waals surface area contributed by atoms with E-state index in [4.69, 9.17) is 14.2 Å². The van der Waals surface area contributed by atoms with Gasteiger partial charge in [-0.1, -0.05) is 176 Å². The molecule has 0 N–H and O–H groups in total. The maximum atomic E-state index is 12.6. The van der Waals surface area contributed by atoms with E-state index in [1.54, 1.807) is 0 Å². The van der Waals surface area contributed by atoms with Crippen molar-refractivity contribution in [2.75, 3.05) is 13.2 Å². The smallest absolute Gasteiger partial charge is 0.306 e. The first-order valence-corrected chi connectivity index (χ1v) is 20.2. The summed E-state index contributed by atoms with van der Waals surface area (Å²) in [7, 11) is 0. The Bertz CT molecular complexity index is 719. The molecule has 6 heteroatoms. The summed E-state index contributed by atoms with van der Waals surface area (Å²) in [6, 6.07) is 0. The largest absolute Gasteiger partial charge is 0.462 e. The molecular weight excluding hydrogens is 588 g/mol. The van der Waals surface area contributed by atoms with E-state index in [1.807, 2.05) is 0 Å².